The van der Waals surface area contributed by atoms with Crippen molar-refractivity contribution in [3.8, 4) is 11.4 Å². The van der Waals surface area contributed by atoms with Gasteiger partial charge in [0.05, 0.1) is 0 Å². The van der Waals surface area contributed by atoms with Gasteiger partial charge in [0.15, 0.2) is 5.82 Å². The van der Waals surface area contributed by atoms with Gasteiger partial charge in [-0.15, -0.1) is 0 Å². The molecule has 1 aliphatic heterocycles. The first-order valence-corrected chi connectivity index (χ1v) is 6.76. The van der Waals surface area contributed by atoms with Crippen molar-refractivity contribution in [1.82, 2.24) is 19.7 Å². The van der Waals surface area contributed by atoms with Crippen LogP contribution in [0.3, 0.4) is 0 Å². The number of nitrogens with zero attached hydrogens (tertiary/aromatic N) is 4. The zero-order chi connectivity index (χ0) is 15.7. The average molecular weight is 310 g/mol. The summed E-state index contributed by atoms with van der Waals surface area (Å²) in [6.45, 7) is -1.15. The highest BCUT2D eigenvalue weighted by atomic mass is 19.4. The van der Waals surface area contributed by atoms with Crippen LogP contribution in [0.25, 0.3) is 11.4 Å². The van der Waals surface area contributed by atoms with Crippen molar-refractivity contribution in [2.75, 3.05) is 13.1 Å². The minimum atomic E-state index is -4.39. The van der Waals surface area contributed by atoms with Gasteiger partial charge >= 0.3 is 6.18 Å². The van der Waals surface area contributed by atoms with E-state index in [0.29, 0.717) is 12.2 Å². The maximum absolute atomic E-state index is 12.4. The third-order valence-electron chi connectivity index (χ3n) is 3.50. The highest BCUT2D eigenvalue weighted by Crippen LogP contribution is 2.27. The monoisotopic (exact) mass is 310 g/mol. The smallest absolute Gasteiger partial charge is 0.332 e. The maximum atomic E-state index is 12.4. The first kappa shape index (κ1) is 14.6. The zero-order valence-corrected chi connectivity index (χ0v) is 11.5. The Kier molecular flexibility index (Phi) is 3.59. The van der Waals surface area contributed by atoms with Crippen molar-refractivity contribution in [2.45, 2.75) is 18.6 Å². The summed E-state index contributed by atoms with van der Waals surface area (Å²) < 4.78 is 38.6. The van der Waals surface area contributed by atoms with Crippen LogP contribution < -0.4 is 0 Å². The lowest BCUT2D eigenvalue weighted by Gasteiger charge is -2.18. The number of halogens is 3. The molecule has 1 amide bonds. The molecule has 0 aliphatic carbocycles. The van der Waals surface area contributed by atoms with Crippen LogP contribution >= 0.6 is 0 Å². The Morgan fingerprint density at radius 2 is 1.95 bits per heavy atom. The Morgan fingerprint density at radius 1 is 1.23 bits per heavy atom. The average Bonchev–Trinajstić information content (AvgIpc) is 3.07. The summed E-state index contributed by atoms with van der Waals surface area (Å²) in [5, 5.41) is 4.22. The van der Waals surface area contributed by atoms with Gasteiger partial charge in [-0.25, -0.2) is 9.67 Å². The van der Waals surface area contributed by atoms with E-state index in [1.807, 2.05) is 30.3 Å². The molecule has 0 bridgehead atoms. The van der Waals surface area contributed by atoms with E-state index in [-0.39, 0.29) is 6.54 Å². The number of likely N-dealkylation sites (tertiary alicyclic amines) is 1. The second kappa shape index (κ2) is 5.43. The quantitative estimate of drug-likeness (QED) is 0.874. The summed E-state index contributed by atoms with van der Waals surface area (Å²) in [4.78, 5) is 17.0. The molecule has 0 saturated carbocycles. The molecular formula is C14H13F3N4O. The van der Waals surface area contributed by atoms with Crippen LogP contribution in [0.5, 0.6) is 0 Å². The van der Waals surface area contributed by atoms with Crippen LogP contribution in [0.15, 0.2) is 36.7 Å². The second-order valence-electron chi connectivity index (χ2n) is 5.09. The number of alkyl halides is 3. The number of aromatic nitrogens is 3. The van der Waals surface area contributed by atoms with E-state index in [1.165, 1.54) is 11.0 Å². The van der Waals surface area contributed by atoms with Gasteiger partial charge in [-0.2, -0.15) is 18.3 Å². The topological polar surface area (TPSA) is 51.0 Å². The van der Waals surface area contributed by atoms with Gasteiger partial charge in [0.1, 0.15) is 18.9 Å². The van der Waals surface area contributed by atoms with E-state index < -0.39 is 24.7 Å². The van der Waals surface area contributed by atoms with E-state index >= 15 is 0 Å². The predicted molar refractivity (Wildman–Crippen MR) is 71.7 cm³/mol. The van der Waals surface area contributed by atoms with Gasteiger partial charge in [-0.05, 0) is 6.42 Å². The van der Waals surface area contributed by atoms with Crippen LogP contribution in [0, 0.1) is 0 Å². The summed E-state index contributed by atoms with van der Waals surface area (Å²) in [6.07, 6.45) is -2.70. The van der Waals surface area contributed by atoms with Crippen molar-refractivity contribution in [3.05, 3.63) is 36.7 Å². The maximum Gasteiger partial charge on any atom is 0.406 e. The lowest BCUT2D eigenvalue weighted by atomic mass is 10.2. The first-order chi connectivity index (χ1) is 10.4. The fraction of sp³-hybridized carbons (Fsp3) is 0.357. The molecule has 0 spiro atoms. The normalized spacial score (nSPS) is 19.0. The van der Waals surface area contributed by atoms with Crippen molar-refractivity contribution in [3.63, 3.8) is 0 Å². The standard InChI is InChI=1S/C14H13F3N4O/c15-14(16,17)8-20-7-6-11(13(20)22)21-9-18-12(19-21)10-4-2-1-3-5-10/h1-5,9,11H,6-8H2. The summed E-state index contributed by atoms with van der Waals surface area (Å²) in [7, 11) is 0. The van der Waals surface area contributed by atoms with Gasteiger partial charge in [0.2, 0.25) is 5.91 Å². The predicted octanol–water partition coefficient (Wildman–Crippen LogP) is 2.28. The molecule has 1 fully saturated rings. The molecule has 1 aromatic carbocycles. The number of rotatable bonds is 3. The van der Waals surface area contributed by atoms with E-state index in [4.69, 9.17) is 0 Å². The molecule has 1 aromatic heterocycles. The fourth-order valence-electron chi connectivity index (χ4n) is 2.49. The largest absolute Gasteiger partial charge is 0.406 e. The molecule has 5 nitrogen and oxygen atoms in total. The Morgan fingerprint density at radius 3 is 2.64 bits per heavy atom. The van der Waals surface area contributed by atoms with Crippen molar-refractivity contribution < 1.29 is 18.0 Å². The van der Waals surface area contributed by atoms with E-state index in [1.54, 1.807) is 0 Å². The number of hydrogen-bond acceptors (Lipinski definition) is 3. The molecule has 2 aromatic rings. The first-order valence-electron chi connectivity index (χ1n) is 6.76. The Labute approximate surface area is 124 Å². The van der Waals surface area contributed by atoms with Crippen molar-refractivity contribution >= 4 is 5.91 Å². The zero-order valence-electron chi connectivity index (χ0n) is 11.5. The molecule has 22 heavy (non-hydrogen) atoms. The molecule has 3 rings (SSSR count). The van der Waals surface area contributed by atoms with Crippen molar-refractivity contribution in [2.24, 2.45) is 0 Å². The number of hydrogen-bond donors (Lipinski definition) is 0. The van der Waals surface area contributed by atoms with Crippen LogP contribution in [-0.2, 0) is 4.79 Å². The van der Waals surface area contributed by atoms with Gasteiger partial charge in [-0.1, -0.05) is 30.3 Å². The van der Waals surface area contributed by atoms with Gasteiger partial charge in [0, 0.05) is 12.1 Å². The minimum absolute atomic E-state index is 0.0730. The molecule has 1 aliphatic rings. The Hall–Kier alpha value is -2.38. The van der Waals surface area contributed by atoms with Crippen molar-refractivity contribution in [1.29, 1.82) is 0 Å². The Balaban J connectivity index is 1.76. The molecule has 1 unspecified atom stereocenters. The van der Waals surface area contributed by atoms with Gasteiger partial charge in [-0.3, -0.25) is 4.79 Å². The molecule has 0 N–H and O–H groups in total. The number of carbonyl (C=O) groups excluding carboxylic acids is 1. The SMILES string of the molecule is O=C1C(n2cnc(-c3ccccc3)n2)CCN1CC(F)(F)F. The van der Waals surface area contributed by atoms with Gasteiger partial charge in [0.25, 0.3) is 0 Å². The van der Waals surface area contributed by atoms with E-state index in [0.717, 1.165) is 10.5 Å². The second-order valence-corrected chi connectivity index (χ2v) is 5.09. The van der Waals surface area contributed by atoms with Crippen LogP contribution in [0.1, 0.15) is 12.5 Å². The number of carbonyl (C=O) groups is 1. The molecule has 2 heterocycles. The molecule has 116 valence electrons. The summed E-state index contributed by atoms with van der Waals surface area (Å²) in [6, 6.07) is 8.46. The molecule has 8 heteroatoms. The van der Waals surface area contributed by atoms with E-state index in [2.05, 4.69) is 10.1 Å². The lowest BCUT2D eigenvalue weighted by Crippen LogP contribution is -2.36. The van der Waals surface area contributed by atoms with Crippen LogP contribution in [0.4, 0.5) is 13.2 Å². The third-order valence-corrected chi connectivity index (χ3v) is 3.50. The third kappa shape index (κ3) is 2.95. The highest BCUT2D eigenvalue weighted by molar-refractivity contribution is 5.82. The summed E-state index contributed by atoms with van der Waals surface area (Å²) in [5.41, 5.74) is 0.791. The molecule has 0 radical (unpaired) electrons. The molecular weight excluding hydrogens is 297 g/mol. The number of benzene rings is 1. The van der Waals surface area contributed by atoms with Crippen LogP contribution in [-0.4, -0.2) is 44.8 Å². The van der Waals surface area contributed by atoms with Gasteiger partial charge < -0.3 is 4.90 Å². The highest BCUT2D eigenvalue weighted by Gasteiger charge is 2.40. The minimum Gasteiger partial charge on any atom is -0.332 e. The number of amides is 1. The summed E-state index contributed by atoms with van der Waals surface area (Å²) in [5.74, 6) is -0.121. The fourth-order valence-corrected chi connectivity index (χ4v) is 2.49. The molecule has 1 atom stereocenters. The van der Waals surface area contributed by atoms with E-state index in [9.17, 15) is 18.0 Å². The molecule has 1 saturated heterocycles. The summed E-state index contributed by atoms with van der Waals surface area (Å²) >= 11 is 0. The Bertz CT molecular complexity index is 668. The van der Waals surface area contributed by atoms with Crippen LogP contribution in [0.2, 0.25) is 0 Å². The lowest BCUT2D eigenvalue weighted by molar-refractivity contribution is -0.158.